The van der Waals surface area contributed by atoms with Crippen LogP contribution in [0.15, 0.2) is 36.4 Å². The topological polar surface area (TPSA) is 69.8 Å². The van der Waals surface area contributed by atoms with E-state index in [4.69, 9.17) is 11.6 Å². The molecule has 0 fully saturated rings. The van der Waals surface area contributed by atoms with Crippen LogP contribution in [0.5, 0.6) is 0 Å². The number of anilines is 1. The Balaban J connectivity index is 1.98. The molecule has 0 spiro atoms. The number of urea groups is 1. The summed E-state index contributed by atoms with van der Waals surface area (Å²) in [5.41, 5.74) is 4.74. The number of nitrogens with one attached hydrogen (secondary N) is 3. The second-order valence-corrected chi connectivity index (χ2v) is 5.64. The molecule has 0 saturated heterocycles. The van der Waals surface area contributed by atoms with E-state index < -0.39 is 0 Å². The number of hydrogen-bond acceptors (Lipinski definition) is 2. The van der Waals surface area contributed by atoms with Crippen molar-refractivity contribution < 1.29 is 4.79 Å². The fourth-order valence-electron chi connectivity index (χ4n) is 2.53. The van der Waals surface area contributed by atoms with Crippen molar-refractivity contribution in [2.45, 2.75) is 13.8 Å². The summed E-state index contributed by atoms with van der Waals surface area (Å²) in [6.07, 6.45) is 0. The molecule has 2 aromatic carbocycles. The van der Waals surface area contributed by atoms with Gasteiger partial charge in [0, 0.05) is 17.1 Å². The van der Waals surface area contributed by atoms with Gasteiger partial charge >= 0.3 is 6.03 Å². The van der Waals surface area contributed by atoms with Crippen LogP contribution in [0.1, 0.15) is 12.5 Å². The van der Waals surface area contributed by atoms with Gasteiger partial charge in [-0.05, 0) is 43.2 Å². The van der Waals surface area contributed by atoms with Crippen molar-refractivity contribution in [3.05, 3.63) is 47.0 Å². The Kier molecular flexibility index (Phi) is 4.21. The van der Waals surface area contributed by atoms with E-state index in [0.717, 1.165) is 27.7 Å². The van der Waals surface area contributed by atoms with Gasteiger partial charge in [0.1, 0.15) is 0 Å². The van der Waals surface area contributed by atoms with E-state index in [2.05, 4.69) is 20.6 Å². The van der Waals surface area contributed by atoms with Crippen molar-refractivity contribution in [3.63, 3.8) is 0 Å². The number of carbonyl (C=O) groups is 1. The van der Waals surface area contributed by atoms with Gasteiger partial charge in [0.2, 0.25) is 5.95 Å². The summed E-state index contributed by atoms with van der Waals surface area (Å²) in [6, 6.07) is 11.4. The number of aromatic amines is 1. The molecule has 6 heteroatoms. The quantitative estimate of drug-likeness (QED) is 0.669. The van der Waals surface area contributed by atoms with E-state index >= 15 is 0 Å². The van der Waals surface area contributed by atoms with Gasteiger partial charge in [-0.25, -0.2) is 9.78 Å². The predicted octanol–water partition coefficient (Wildman–Crippen LogP) is 4.33. The predicted molar refractivity (Wildman–Crippen MR) is 94.0 cm³/mol. The van der Waals surface area contributed by atoms with Gasteiger partial charge in [-0.1, -0.05) is 29.8 Å². The largest absolute Gasteiger partial charge is 0.338 e. The molecule has 3 rings (SSSR count). The van der Waals surface area contributed by atoms with Crippen molar-refractivity contribution >= 4 is 34.6 Å². The number of imidazole rings is 1. The number of aromatic nitrogens is 2. The third-order valence-electron chi connectivity index (χ3n) is 3.56. The molecule has 0 radical (unpaired) electrons. The zero-order valence-corrected chi connectivity index (χ0v) is 13.7. The maximum absolute atomic E-state index is 11.6. The van der Waals surface area contributed by atoms with Crippen molar-refractivity contribution in [3.8, 4) is 11.1 Å². The van der Waals surface area contributed by atoms with Crippen LogP contribution in [0.2, 0.25) is 5.02 Å². The lowest BCUT2D eigenvalue weighted by atomic mass is 10.0. The molecule has 0 aliphatic rings. The lowest BCUT2D eigenvalue weighted by molar-refractivity contribution is 0.252. The highest BCUT2D eigenvalue weighted by Crippen LogP contribution is 2.32. The normalized spacial score (nSPS) is 10.7. The zero-order valence-electron chi connectivity index (χ0n) is 12.9. The molecule has 0 saturated carbocycles. The van der Waals surface area contributed by atoms with Crippen molar-refractivity contribution in [1.82, 2.24) is 15.3 Å². The molecular weight excluding hydrogens is 312 g/mol. The second kappa shape index (κ2) is 6.30. The second-order valence-electron chi connectivity index (χ2n) is 5.23. The summed E-state index contributed by atoms with van der Waals surface area (Å²) in [6.45, 7) is 4.44. The Hall–Kier alpha value is -2.53. The van der Waals surface area contributed by atoms with Crippen LogP contribution in [0, 0.1) is 6.92 Å². The molecular formula is C17H17ClN4O. The van der Waals surface area contributed by atoms with Crippen LogP contribution in [0.25, 0.3) is 22.2 Å². The van der Waals surface area contributed by atoms with E-state index in [1.807, 2.05) is 50.2 Å². The van der Waals surface area contributed by atoms with Gasteiger partial charge in [0.25, 0.3) is 0 Å². The number of hydrogen-bond donors (Lipinski definition) is 3. The molecule has 0 aliphatic heterocycles. The monoisotopic (exact) mass is 328 g/mol. The summed E-state index contributed by atoms with van der Waals surface area (Å²) in [7, 11) is 0. The third-order valence-corrected chi connectivity index (χ3v) is 3.88. The Bertz CT molecular complexity index is 852. The van der Waals surface area contributed by atoms with Gasteiger partial charge < -0.3 is 10.3 Å². The molecule has 0 bridgehead atoms. The van der Waals surface area contributed by atoms with Crippen molar-refractivity contribution in [2.75, 3.05) is 11.9 Å². The minimum absolute atomic E-state index is 0.284. The lowest BCUT2D eigenvalue weighted by Crippen LogP contribution is -2.28. The van der Waals surface area contributed by atoms with Gasteiger partial charge in [-0.3, -0.25) is 5.32 Å². The fourth-order valence-corrected chi connectivity index (χ4v) is 2.87. The number of H-pyrrole nitrogens is 1. The van der Waals surface area contributed by atoms with Crippen LogP contribution < -0.4 is 10.6 Å². The maximum Gasteiger partial charge on any atom is 0.321 e. The molecule has 118 valence electrons. The summed E-state index contributed by atoms with van der Waals surface area (Å²) in [4.78, 5) is 19.0. The SMILES string of the molecule is CCNC(=O)Nc1nc2ccc(-c3c(C)cccc3Cl)cc2[nH]1. The minimum Gasteiger partial charge on any atom is -0.338 e. The number of fused-ring (bicyclic) bond motifs is 1. The Morgan fingerprint density at radius 3 is 2.87 bits per heavy atom. The summed E-state index contributed by atoms with van der Waals surface area (Å²) in [5, 5.41) is 6.05. The first-order valence-corrected chi connectivity index (χ1v) is 7.76. The number of aryl methyl sites for hydroxylation is 1. The number of rotatable bonds is 3. The van der Waals surface area contributed by atoms with E-state index in [1.165, 1.54) is 0 Å². The van der Waals surface area contributed by atoms with Gasteiger partial charge in [0.15, 0.2) is 0 Å². The highest BCUT2D eigenvalue weighted by Gasteiger charge is 2.10. The summed E-state index contributed by atoms with van der Waals surface area (Å²) >= 11 is 6.33. The first-order chi connectivity index (χ1) is 11.1. The standard InChI is InChI=1S/C17H17ClN4O/c1-3-19-17(23)22-16-20-13-8-7-11(9-14(13)21-16)15-10(2)5-4-6-12(15)18/h4-9H,3H2,1-2H3,(H3,19,20,21,22,23). The van der Waals surface area contributed by atoms with Crippen molar-refractivity contribution in [2.24, 2.45) is 0 Å². The average molecular weight is 329 g/mol. The summed E-state index contributed by atoms with van der Waals surface area (Å²) in [5.74, 6) is 0.416. The van der Waals surface area contributed by atoms with Crippen LogP contribution >= 0.6 is 11.6 Å². The minimum atomic E-state index is -0.284. The molecule has 3 aromatic rings. The van der Waals surface area contributed by atoms with E-state index in [-0.39, 0.29) is 6.03 Å². The number of amides is 2. The Morgan fingerprint density at radius 2 is 2.13 bits per heavy atom. The maximum atomic E-state index is 11.6. The number of halogens is 1. The fraction of sp³-hybridized carbons (Fsp3) is 0.176. The first kappa shape index (κ1) is 15.4. The Morgan fingerprint density at radius 1 is 1.30 bits per heavy atom. The third kappa shape index (κ3) is 3.14. The number of nitrogens with zero attached hydrogens (tertiary/aromatic N) is 1. The average Bonchev–Trinajstić information content (AvgIpc) is 2.88. The van der Waals surface area contributed by atoms with Crippen LogP contribution in [-0.2, 0) is 0 Å². The lowest BCUT2D eigenvalue weighted by Gasteiger charge is -2.08. The first-order valence-electron chi connectivity index (χ1n) is 7.38. The van der Waals surface area contributed by atoms with Gasteiger partial charge in [0.05, 0.1) is 11.0 Å². The van der Waals surface area contributed by atoms with E-state index in [1.54, 1.807) is 0 Å². The zero-order chi connectivity index (χ0) is 16.4. The molecule has 5 nitrogen and oxygen atoms in total. The molecule has 23 heavy (non-hydrogen) atoms. The van der Waals surface area contributed by atoms with Crippen LogP contribution in [0.3, 0.4) is 0 Å². The van der Waals surface area contributed by atoms with Gasteiger partial charge in [-0.15, -0.1) is 0 Å². The highest BCUT2D eigenvalue weighted by atomic mass is 35.5. The molecule has 0 aliphatic carbocycles. The van der Waals surface area contributed by atoms with Crippen molar-refractivity contribution in [1.29, 1.82) is 0 Å². The van der Waals surface area contributed by atoms with Crippen LogP contribution in [0.4, 0.5) is 10.7 Å². The Labute approximate surface area is 139 Å². The molecule has 3 N–H and O–H groups in total. The number of carbonyl (C=O) groups excluding carboxylic acids is 1. The molecule has 0 atom stereocenters. The van der Waals surface area contributed by atoms with E-state index in [0.29, 0.717) is 17.5 Å². The van der Waals surface area contributed by atoms with Gasteiger partial charge in [-0.2, -0.15) is 0 Å². The summed E-state index contributed by atoms with van der Waals surface area (Å²) < 4.78 is 0. The van der Waals surface area contributed by atoms with Crippen LogP contribution in [-0.4, -0.2) is 22.5 Å². The molecule has 0 unspecified atom stereocenters. The smallest absolute Gasteiger partial charge is 0.321 e. The molecule has 1 aromatic heterocycles. The highest BCUT2D eigenvalue weighted by molar-refractivity contribution is 6.33. The molecule has 2 amide bonds. The van der Waals surface area contributed by atoms with E-state index in [9.17, 15) is 4.79 Å². The molecule has 1 heterocycles. The number of benzene rings is 2.